The third-order valence-corrected chi connectivity index (χ3v) is 6.15. The number of nitrogen functional groups attached to an aromatic ring is 1. The Labute approximate surface area is 196 Å². The number of fused-ring (bicyclic) bond motifs is 2. The van der Waals surface area contributed by atoms with Crippen molar-refractivity contribution in [1.82, 2.24) is 29.6 Å². The minimum Gasteiger partial charge on any atom is -0.383 e. The summed E-state index contributed by atoms with van der Waals surface area (Å²) in [6.45, 7) is 6.55. The second kappa shape index (κ2) is 8.65. The monoisotopic (exact) mass is 455 g/mol. The highest BCUT2D eigenvalue weighted by molar-refractivity contribution is 5.91. The molecule has 1 aliphatic heterocycles. The van der Waals surface area contributed by atoms with Gasteiger partial charge in [-0.3, -0.25) is 4.79 Å². The summed E-state index contributed by atoms with van der Waals surface area (Å²) < 4.78 is 7.15. The fourth-order valence-electron chi connectivity index (χ4n) is 4.63. The fourth-order valence-corrected chi connectivity index (χ4v) is 4.63. The molecule has 0 spiro atoms. The van der Waals surface area contributed by atoms with Gasteiger partial charge < -0.3 is 20.4 Å². The van der Waals surface area contributed by atoms with Crippen LogP contribution in [0.15, 0.2) is 43.2 Å². The Bertz CT molecular complexity index is 1470. The molecule has 3 aromatic heterocycles. The number of aromatic nitrogens is 5. The van der Waals surface area contributed by atoms with Crippen LogP contribution in [0.2, 0.25) is 0 Å². The van der Waals surface area contributed by atoms with Gasteiger partial charge in [0.05, 0.1) is 24.1 Å². The van der Waals surface area contributed by atoms with Crippen LogP contribution in [-0.4, -0.2) is 61.8 Å². The zero-order valence-electron chi connectivity index (χ0n) is 19.1. The number of hydrogen-bond acceptors (Lipinski definition) is 6. The molecule has 172 valence electrons. The number of carbonyl (C=O) groups is 1. The number of nitrogens with two attached hydrogens (primary N) is 1. The van der Waals surface area contributed by atoms with E-state index in [9.17, 15) is 4.79 Å². The molecule has 2 atom stereocenters. The van der Waals surface area contributed by atoms with Gasteiger partial charge in [-0.1, -0.05) is 12.5 Å². The van der Waals surface area contributed by atoms with Gasteiger partial charge in [-0.15, -0.1) is 0 Å². The number of likely N-dealkylation sites (tertiary alicyclic amines) is 1. The standard InChI is InChI=1S/C25H25N7O2/c1-4-22(33)31-12-18(11-19(31)13-34-3)32-25-23(24(26)27-14-28-25)21(30-32)8-6-16-5-7-20-17(10-16)9-15(2)29-20/h4-5,7,9-10,14,18-19,29H,1,11-13H2,2-3H3,(H2,26,27,28)/t18-,19+/m0/s1. The van der Waals surface area contributed by atoms with E-state index in [0.717, 1.165) is 22.2 Å². The first-order chi connectivity index (χ1) is 16.5. The Kier molecular flexibility index (Phi) is 5.51. The molecule has 1 aliphatic rings. The molecule has 9 nitrogen and oxygen atoms in total. The summed E-state index contributed by atoms with van der Waals surface area (Å²) in [7, 11) is 1.63. The number of H-pyrrole nitrogens is 1. The number of rotatable bonds is 4. The molecule has 3 N–H and O–H groups in total. The summed E-state index contributed by atoms with van der Waals surface area (Å²) in [6.07, 6.45) is 3.42. The number of benzene rings is 1. The van der Waals surface area contributed by atoms with Crippen LogP contribution < -0.4 is 5.73 Å². The van der Waals surface area contributed by atoms with E-state index in [2.05, 4.69) is 39.4 Å². The first-order valence-electron chi connectivity index (χ1n) is 11.0. The molecule has 1 amide bonds. The van der Waals surface area contributed by atoms with Gasteiger partial charge >= 0.3 is 0 Å². The molecule has 0 radical (unpaired) electrons. The Balaban J connectivity index is 1.54. The molecular weight excluding hydrogens is 430 g/mol. The lowest BCUT2D eigenvalue weighted by molar-refractivity contribution is -0.127. The van der Waals surface area contributed by atoms with E-state index < -0.39 is 0 Å². The smallest absolute Gasteiger partial charge is 0.246 e. The molecule has 1 fully saturated rings. The van der Waals surface area contributed by atoms with E-state index in [1.165, 1.54) is 12.4 Å². The summed E-state index contributed by atoms with van der Waals surface area (Å²) in [6, 6.07) is 7.93. The summed E-state index contributed by atoms with van der Waals surface area (Å²) in [4.78, 5) is 26.1. The minimum absolute atomic E-state index is 0.0787. The maximum Gasteiger partial charge on any atom is 0.246 e. The van der Waals surface area contributed by atoms with Crippen LogP contribution in [0.5, 0.6) is 0 Å². The minimum atomic E-state index is -0.134. The second-order valence-corrected chi connectivity index (χ2v) is 8.45. The lowest BCUT2D eigenvalue weighted by Gasteiger charge is -2.22. The van der Waals surface area contributed by atoms with Crippen LogP contribution >= 0.6 is 0 Å². The maximum absolute atomic E-state index is 12.4. The van der Waals surface area contributed by atoms with Crippen LogP contribution in [0.25, 0.3) is 21.9 Å². The predicted molar refractivity (Wildman–Crippen MR) is 130 cm³/mol. The number of carbonyl (C=O) groups excluding carboxylic acids is 1. The van der Waals surface area contributed by atoms with Gasteiger partial charge in [0.1, 0.15) is 17.8 Å². The van der Waals surface area contributed by atoms with Crippen molar-refractivity contribution in [2.75, 3.05) is 26.0 Å². The van der Waals surface area contributed by atoms with Crippen molar-refractivity contribution >= 4 is 33.7 Å². The Hall–Kier alpha value is -4.16. The highest BCUT2D eigenvalue weighted by Gasteiger charge is 2.37. The molecule has 0 unspecified atom stereocenters. The highest BCUT2D eigenvalue weighted by Crippen LogP contribution is 2.32. The van der Waals surface area contributed by atoms with Crippen LogP contribution in [0.4, 0.5) is 5.82 Å². The highest BCUT2D eigenvalue weighted by atomic mass is 16.5. The van der Waals surface area contributed by atoms with Crippen molar-refractivity contribution in [2.24, 2.45) is 0 Å². The van der Waals surface area contributed by atoms with Gasteiger partial charge in [0, 0.05) is 35.8 Å². The van der Waals surface area contributed by atoms with E-state index in [-0.39, 0.29) is 18.0 Å². The summed E-state index contributed by atoms with van der Waals surface area (Å²) in [5.74, 6) is 6.56. The lowest BCUT2D eigenvalue weighted by Crippen LogP contribution is -2.37. The van der Waals surface area contributed by atoms with E-state index >= 15 is 0 Å². The molecule has 34 heavy (non-hydrogen) atoms. The zero-order valence-corrected chi connectivity index (χ0v) is 19.1. The second-order valence-electron chi connectivity index (χ2n) is 8.45. The number of nitrogens with zero attached hydrogens (tertiary/aromatic N) is 5. The van der Waals surface area contributed by atoms with Crippen molar-refractivity contribution in [2.45, 2.75) is 25.4 Å². The molecule has 9 heteroatoms. The van der Waals surface area contributed by atoms with Gasteiger partial charge in [-0.05, 0) is 49.6 Å². The van der Waals surface area contributed by atoms with Gasteiger partial charge in [0.2, 0.25) is 5.91 Å². The number of aromatic amines is 1. The fraction of sp³-hybridized carbons (Fsp3) is 0.280. The van der Waals surface area contributed by atoms with Gasteiger partial charge in [0.25, 0.3) is 0 Å². The SMILES string of the molecule is C=CC(=O)N1C[C@@H](n2nc(C#Cc3ccc4[nH]c(C)cc4c3)c3c(N)ncnc32)C[C@@H]1COC. The maximum atomic E-state index is 12.4. The van der Waals surface area contributed by atoms with E-state index in [1.54, 1.807) is 12.0 Å². The summed E-state index contributed by atoms with van der Waals surface area (Å²) in [5, 5.41) is 6.50. The van der Waals surface area contributed by atoms with Crippen LogP contribution in [-0.2, 0) is 9.53 Å². The zero-order chi connectivity index (χ0) is 23.8. The average molecular weight is 456 g/mol. The Morgan fingerprint density at radius 1 is 1.35 bits per heavy atom. The van der Waals surface area contributed by atoms with Crippen molar-refractivity contribution in [3.8, 4) is 11.8 Å². The number of hydrogen-bond donors (Lipinski definition) is 2. The van der Waals surface area contributed by atoms with E-state index in [1.807, 2.05) is 29.8 Å². The topological polar surface area (TPSA) is 115 Å². The first-order valence-corrected chi connectivity index (χ1v) is 11.0. The Morgan fingerprint density at radius 2 is 2.21 bits per heavy atom. The number of anilines is 1. The quantitative estimate of drug-likeness (QED) is 0.361. The van der Waals surface area contributed by atoms with Gasteiger partial charge in [0.15, 0.2) is 5.65 Å². The van der Waals surface area contributed by atoms with Crippen molar-refractivity contribution in [3.63, 3.8) is 0 Å². The molecular formula is C25H25N7O2. The molecule has 4 heterocycles. The normalized spacial score (nSPS) is 17.8. The van der Waals surface area contributed by atoms with E-state index in [0.29, 0.717) is 42.1 Å². The molecule has 0 saturated carbocycles. The van der Waals surface area contributed by atoms with E-state index in [4.69, 9.17) is 15.6 Å². The molecule has 0 aliphatic carbocycles. The lowest BCUT2D eigenvalue weighted by atomic mass is 10.1. The van der Waals surface area contributed by atoms with Crippen molar-refractivity contribution in [3.05, 3.63) is 60.2 Å². The van der Waals surface area contributed by atoms with Crippen LogP contribution in [0.3, 0.4) is 0 Å². The molecule has 5 rings (SSSR count). The van der Waals surface area contributed by atoms with Crippen molar-refractivity contribution < 1.29 is 9.53 Å². The first kappa shape index (κ1) is 21.7. The third-order valence-electron chi connectivity index (χ3n) is 6.15. The number of methoxy groups -OCH3 is 1. The summed E-state index contributed by atoms with van der Waals surface area (Å²) >= 11 is 0. The van der Waals surface area contributed by atoms with Gasteiger partial charge in [-0.2, -0.15) is 5.10 Å². The molecule has 0 bridgehead atoms. The number of nitrogens with one attached hydrogen (secondary N) is 1. The molecule has 4 aromatic rings. The summed E-state index contributed by atoms with van der Waals surface area (Å²) in [5.41, 5.74) is 10.4. The van der Waals surface area contributed by atoms with Crippen LogP contribution in [0.1, 0.15) is 29.4 Å². The average Bonchev–Trinajstić information content (AvgIpc) is 3.51. The number of ether oxygens (including phenoxy) is 1. The molecule has 1 saturated heterocycles. The van der Waals surface area contributed by atoms with Crippen molar-refractivity contribution in [1.29, 1.82) is 0 Å². The predicted octanol–water partition coefficient (Wildman–Crippen LogP) is 2.57. The third kappa shape index (κ3) is 3.78. The van der Waals surface area contributed by atoms with Gasteiger partial charge in [-0.25, -0.2) is 14.6 Å². The Morgan fingerprint density at radius 3 is 3.00 bits per heavy atom. The van der Waals surface area contributed by atoms with Crippen LogP contribution in [0, 0.1) is 18.8 Å². The number of amides is 1. The molecule has 1 aromatic carbocycles. The largest absolute Gasteiger partial charge is 0.383 e. The number of aryl methyl sites for hydroxylation is 1.